The molecule has 82 valence electrons. The molecule has 0 saturated heterocycles. The zero-order chi connectivity index (χ0) is 11.1. The van der Waals surface area contributed by atoms with E-state index in [2.05, 4.69) is 0 Å². The number of ether oxygens (including phenoxy) is 1. The van der Waals surface area contributed by atoms with E-state index >= 15 is 0 Å². The molecule has 15 heavy (non-hydrogen) atoms. The van der Waals surface area contributed by atoms with Crippen LogP contribution in [0.25, 0.3) is 0 Å². The van der Waals surface area contributed by atoms with Crippen molar-refractivity contribution in [2.45, 2.75) is 6.42 Å². The molecule has 0 aliphatic heterocycles. The number of carbonyl (C=O) groups is 1. The van der Waals surface area contributed by atoms with Gasteiger partial charge in [-0.05, 0) is 18.1 Å². The van der Waals surface area contributed by atoms with E-state index in [1.54, 1.807) is 24.3 Å². The minimum atomic E-state index is -0.923. The topological polar surface area (TPSA) is 66.8 Å². The molecular weight excluding hydrogens is 196 g/mol. The van der Waals surface area contributed by atoms with E-state index in [9.17, 15) is 4.79 Å². The Labute approximate surface area is 88.1 Å². The number of hydrogen-bond acceptors (Lipinski definition) is 3. The van der Waals surface area contributed by atoms with Crippen LogP contribution in [-0.2, 0) is 11.2 Å². The molecule has 0 spiro atoms. The average Bonchev–Trinajstić information content (AvgIpc) is 2.25. The lowest BCUT2D eigenvalue weighted by Crippen LogP contribution is -2.07. The summed E-state index contributed by atoms with van der Waals surface area (Å²) in [5.41, 5.74) is 1.06. The maximum atomic E-state index is 10.8. The number of aromatic carboxylic acids is 1. The van der Waals surface area contributed by atoms with E-state index in [-0.39, 0.29) is 13.2 Å². The number of aliphatic hydroxyl groups excluding tert-OH is 1. The van der Waals surface area contributed by atoms with Crippen LogP contribution < -0.4 is 0 Å². The molecule has 0 unspecified atom stereocenters. The van der Waals surface area contributed by atoms with Crippen LogP contribution in [0, 0.1) is 0 Å². The Kier molecular flexibility index (Phi) is 4.80. The molecule has 4 nitrogen and oxygen atoms in total. The second-order valence-electron chi connectivity index (χ2n) is 3.05. The number of aliphatic hydroxyl groups is 1. The van der Waals surface area contributed by atoms with Gasteiger partial charge < -0.3 is 14.9 Å². The fourth-order valence-electron chi connectivity index (χ4n) is 1.30. The molecule has 2 N–H and O–H groups in total. The summed E-state index contributed by atoms with van der Waals surface area (Å²) < 4.78 is 5.08. The molecule has 4 heteroatoms. The molecule has 1 aromatic carbocycles. The Morgan fingerprint density at radius 1 is 1.27 bits per heavy atom. The summed E-state index contributed by atoms with van der Waals surface area (Å²) >= 11 is 0. The smallest absolute Gasteiger partial charge is 0.335 e. The molecule has 0 atom stereocenters. The second-order valence-corrected chi connectivity index (χ2v) is 3.05. The van der Waals surface area contributed by atoms with Crippen LogP contribution in [0.15, 0.2) is 24.3 Å². The van der Waals surface area contributed by atoms with Crippen molar-refractivity contribution in [1.29, 1.82) is 0 Å². The van der Waals surface area contributed by atoms with Crippen molar-refractivity contribution in [3.05, 3.63) is 35.4 Å². The Morgan fingerprint density at radius 3 is 2.67 bits per heavy atom. The highest BCUT2D eigenvalue weighted by Crippen LogP contribution is 2.09. The Morgan fingerprint density at radius 2 is 2.00 bits per heavy atom. The normalized spacial score (nSPS) is 10.2. The molecule has 0 aliphatic carbocycles. The third kappa shape index (κ3) is 3.69. The summed E-state index contributed by atoms with van der Waals surface area (Å²) in [4.78, 5) is 10.8. The van der Waals surface area contributed by atoms with Gasteiger partial charge in [0.05, 0.1) is 25.4 Å². The van der Waals surface area contributed by atoms with E-state index in [1.807, 2.05) is 0 Å². The van der Waals surface area contributed by atoms with Gasteiger partial charge in [0.15, 0.2) is 0 Å². The lowest BCUT2D eigenvalue weighted by molar-refractivity contribution is 0.0693. The van der Waals surface area contributed by atoms with Gasteiger partial charge in [0.1, 0.15) is 0 Å². The van der Waals surface area contributed by atoms with Crippen LogP contribution in [0.2, 0.25) is 0 Å². The fourth-order valence-corrected chi connectivity index (χ4v) is 1.30. The quantitative estimate of drug-likeness (QED) is 0.686. The maximum absolute atomic E-state index is 10.8. The summed E-state index contributed by atoms with van der Waals surface area (Å²) in [6.07, 6.45) is 0.544. The molecule has 0 amide bonds. The lowest BCUT2D eigenvalue weighted by Gasteiger charge is -2.05. The van der Waals surface area contributed by atoms with Crippen LogP contribution in [0.3, 0.4) is 0 Å². The molecule has 1 rings (SSSR count). The lowest BCUT2D eigenvalue weighted by atomic mass is 10.1. The van der Waals surface area contributed by atoms with Gasteiger partial charge in [-0.25, -0.2) is 4.79 Å². The first-order valence-corrected chi connectivity index (χ1v) is 4.75. The summed E-state index contributed by atoms with van der Waals surface area (Å²) in [6, 6.07) is 6.84. The predicted octanol–water partition coefficient (Wildman–Crippen LogP) is 0.936. The molecular formula is C11H14O4. The monoisotopic (exact) mass is 210 g/mol. The number of rotatable bonds is 6. The van der Waals surface area contributed by atoms with Crippen molar-refractivity contribution in [2.75, 3.05) is 19.8 Å². The van der Waals surface area contributed by atoms with Crippen molar-refractivity contribution in [1.82, 2.24) is 0 Å². The fraction of sp³-hybridized carbons (Fsp3) is 0.364. The van der Waals surface area contributed by atoms with E-state index < -0.39 is 5.97 Å². The molecule has 0 aliphatic rings. The summed E-state index contributed by atoms with van der Waals surface area (Å²) in [6.45, 7) is 0.695. The summed E-state index contributed by atoms with van der Waals surface area (Å²) in [5, 5.41) is 17.4. The molecule has 0 saturated carbocycles. The standard InChI is InChI=1S/C11H14O4/c12-6-8-15-7-5-9-3-1-2-4-10(9)11(13)14/h1-4,12H,5-8H2,(H,13,14). The summed E-state index contributed by atoms with van der Waals surface area (Å²) in [5.74, 6) is -0.923. The molecule has 0 heterocycles. The SMILES string of the molecule is O=C(O)c1ccccc1CCOCCO. The zero-order valence-corrected chi connectivity index (χ0v) is 8.35. The molecule has 0 aromatic heterocycles. The van der Waals surface area contributed by atoms with Crippen LogP contribution in [0.4, 0.5) is 0 Å². The Balaban J connectivity index is 2.56. The van der Waals surface area contributed by atoms with E-state index in [4.69, 9.17) is 14.9 Å². The van der Waals surface area contributed by atoms with Gasteiger partial charge >= 0.3 is 5.97 Å². The van der Waals surface area contributed by atoms with Gasteiger partial charge in [-0.15, -0.1) is 0 Å². The van der Waals surface area contributed by atoms with Crippen LogP contribution in [0.1, 0.15) is 15.9 Å². The zero-order valence-electron chi connectivity index (χ0n) is 8.35. The third-order valence-electron chi connectivity index (χ3n) is 2.00. The highest BCUT2D eigenvalue weighted by Gasteiger charge is 2.07. The van der Waals surface area contributed by atoms with Gasteiger partial charge in [-0.3, -0.25) is 0 Å². The van der Waals surface area contributed by atoms with Crippen molar-refractivity contribution < 1.29 is 19.7 Å². The highest BCUT2D eigenvalue weighted by atomic mass is 16.5. The van der Waals surface area contributed by atoms with E-state index in [0.29, 0.717) is 18.6 Å². The Bertz CT molecular complexity index is 322. The van der Waals surface area contributed by atoms with Crippen molar-refractivity contribution in [3.8, 4) is 0 Å². The first-order chi connectivity index (χ1) is 7.25. The molecule has 0 fully saturated rings. The largest absolute Gasteiger partial charge is 0.478 e. The third-order valence-corrected chi connectivity index (χ3v) is 2.00. The minimum Gasteiger partial charge on any atom is -0.478 e. The van der Waals surface area contributed by atoms with E-state index in [1.165, 1.54) is 0 Å². The van der Waals surface area contributed by atoms with Crippen LogP contribution >= 0.6 is 0 Å². The van der Waals surface area contributed by atoms with Crippen molar-refractivity contribution in [2.24, 2.45) is 0 Å². The molecule has 1 aromatic rings. The molecule has 0 bridgehead atoms. The van der Waals surface area contributed by atoms with Crippen molar-refractivity contribution >= 4 is 5.97 Å². The summed E-state index contributed by atoms with van der Waals surface area (Å²) in [7, 11) is 0. The van der Waals surface area contributed by atoms with Crippen LogP contribution in [0.5, 0.6) is 0 Å². The number of hydrogen-bond donors (Lipinski definition) is 2. The van der Waals surface area contributed by atoms with Gasteiger partial charge in [-0.2, -0.15) is 0 Å². The van der Waals surface area contributed by atoms with Crippen molar-refractivity contribution in [3.63, 3.8) is 0 Å². The molecule has 0 radical (unpaired) electrons. The number of benzene rings is 1. The van der Waals surface area contributed by atoms with Gasteiger partial charge in [0, 0.05) is 0 Å². The predicted molar refractivity (Wildman–Crippen MR) is 55.0 cm³/mol. The first-order valence-electron chi connectivity index (χ1n) is 4.75. The first kappa shape index (κ1) is 11.7. The second kappa shape index (κ2) is 6.16. The number of carboxylic acids is 1. The van der Waals surface area contributed by atoms with Gasteiger partial charge in [0.2, 0.25) is 0 Å². The van der Waals surface area contributed by atoms with Gasteiger partial charge in [0.25, 0.3) is 0 Å². The minimum absolute atomic E-state index is 0.0133. The van der Waals surface area contributed by atoms with Crippen LogP contribution in [-0.4, -0.2) is 36.0 Å². The van der Waals surface area contributed by atoms with E-state index in [0.717, 1.165) is 5.56 Å². The van der Waals surface area contributed by atoms with Gasteiger partial charge in [-0.1, -0.05) is 18.2 Å². The Hall–Kier alpha value is -1.39. The average molecular weight is 210 g/mol. The maximum Gasteiger partial charge on any atom is 0.335 e. The number of carboxylic acid groups (broad SMARTS) is 1. The highest BCUT2D eigenvalue weighted by molar-refractivity contribution is 5.89.